The van der Waals surface area contributed by atoms with E-state index in [9.17, 15) is 4.79 Å². The molecule has 25 heavy (non-hydrogen) atoms. The van der Waals surface area contributed by atoms with E-state index >= 15 is 0 Å². The average molecular weight is 340 g/mol. The highest BCUT2D eigenvalue weighted by atomic mass is 16.1. The predicted molar refractivity (Wildman–Crippen MR) is 108 cm³/mol. The van der Waals surface area contributed by atoms with Crippen LogP contribution >= 0.6 is 0 Å². The lowest BCUT2D eigenvalue weighted by Crippen LogP contribution is -2.24. The fourth-order valence-corrected chi connectivity index (χ4v) is 3.46. The zero-order chi connectivity index (χ0) is 18.3. The van der Waals surface area contributed by atoms with Gasteiger partial charge >= 0.3 is 0 Å². The monoisotopic (exact) mass is 339 g/mol. The second kappa shape index (κ2) is 9.15. The van der Waals surface area contributed by atoms with Gasteiger partial charge in [-0.2, -0.15) is 0 Å². The van der Waals surface area contributed by atoms with Crippen molar-refractivity contribution in [2.45, 2.75) is 65.8 Å². The quantitative estimate of drug-likeness (QED) is 0.741. The molecule has 2 atom stereocenters. The van der Waals surface area contributed by atoms with Crippen LogP contribution in [0.2, 0.25) is 0 Å². The number of hydrogen-bond donors (Lipinski definition) is 1. The number of nitrogens with one attached hydrogen (secondary N) is 1. The van der Waals surface area contributed by atoms with Crippen molar-refractivity contribution in [2.75, 3.05) is 6.54 Å². The third-order valence-corrected chi connectivity index (χ3v) is 5.63. The molecular weight excluding hydrogens is 306 g/mol. The Kier molecular flexibility index (Phi) is 7.19. The zero-order valence-electron chi connectivity index (χ0n) is 16.3. The van der Waals surface area contributed by atoms with Crippen molar-refractivity contribution in [3.8, 4) is 0 Å². The average Bonchev–Trinajstić information content (AvgIpc) is 3.29. The van der Waals surface area contributed by atoms with E-state index in [1.807, 2.05) is 6.92 Å². The summed E-state index contributed by atoms with van der Waals surface area (Å²) < 4.78 is 0. The number of allylic oxidation sites excluding steroid dienone is 9. The molecule has 1 saturated carbocycles. The summed E-state index contributed by atoms with van der Waals surface area (Å²) in [6.45, 7) is 9.39. The molecule has 3 rings (SSSR count). The molecule has 0 bridgehead atoms. The molecule has 0 spiro atoms. The molecule has 1 fully saturated rings. The number of fused-ring (bicyclic) bond motifs is 1. The molecule has 0 aromatic carbocycles. The highest BCUT2D eigenvalue weighted by Crippen LogP contribution is 2.52. The Morgan fingerprint density at radius 2 is 1.96 bits per heavy atom. The summed E-state index contributed by atoms with van der Waals surface area (Å²) >= 11 is 0. The second-order valence-corrected chi connectivity index (χ2v) is 7.49. The van der Waals surface area contributed by atoms with Crippen molar-refractivity contribution < 1.29 is 4.79 Å². The summed E-state index contributed by atoms with van der Waals surface area (Å²) in [6, 6.07) is 0.556. The Bertz CT molecular complexity index is 632. The van der Waals surface area contributed by atoms with Crippen LogP contribution in [0.15, 0.2) is 59.3 Å². The Labute approximate surface area is 153 Å². The highest BCUT2D eigenvalue weighted by molar-refractivity contribution is 5.79. The predicted octanol–water partition coefficient (Wildman–Crippen LogP) is 5.45. The molecule has 2 aliphatic carbocycles. The molecule has 0 aromatic rings. The summed E-state index contributed by atoms with van der Waals surface area (Å²) in [7, 11) is 0. The van der Waals surface area contributed by atoms with Gasteiger partial charge in [-0.15, -0.1) is 0 Å². The van der Waals surface area contributed by atoms with E-state index in [2.05, 4.69) is 68.6 Å². The molecule has 0 aromatic heterocycles. The minimum absolute atomic E-state index is 0.246. The molecule has 1 N–H and O–H groups in total. The lowest BCUT2D eigenvalue weighted by molar-refractivity contribution is -0.120. The maximum absolute atomic E-state index is 11.5. The van der Waals surface area contributed by atoms with E-state index in [4.69, 9.17) is 0 Å². The fourth-order valence-electron chi connectivity index (χ4n) is 3.46. The smallest absolute Gasteiger partial charge is 0.133 e. The number of ketones is 1. The van der Waals surface area contributed by atoms with E-state index < -0.39 is 0 Å². The summed E-state index contributed by atoms with van der Waals surface area (Å²) in [5.41, 5.74) is 4.48. The standard InChI is InChI=1S/C13H19NO.C10H14/c1-2-11(15)9-13-7-5-3-4-6-8-14-12(13)10-13;1-8-6-4-5-7-9(2)10(8)3/h3-6,12,14H,2,7-10H2,1H3;4,6-7H,5H2,1-3H3/b5-3-,6-4-;. The molecule has 0 radical (unpaired) electrons. The van der Waals surface area contributed by atoms with Gasteiger partial charge in [-0.25, -0.2) is 0 Å². The van der Waals surface area contributed by atoms with Crippen LogP contribution in [-0.4, -0.2) is 18.4 Å². The molecule has 1 heterocycles. The molecule has 2 nitrogen and oxygen atoms in total. The van der Waals surface area contributed by atoms with Gasteiger partial charge in [-0.05, 0) is 56.6 Å². The maximum atomic E-state index is 11.5. The fraction of sp³-hybridized carbons (Fsp3) is 0.522. The molecule has 3 aliphatic rings. The number of rotatable bonds is 3. The van der Waals surface area contributed by atoms with Gasteiger partial charge in [0.05, 0.1) is 0 Å². The Morgan fingerprint density at radius 1 is 1.20 bits per heavy atom. The van der Waals surface area contributed by atoms with Crippen LogP contribution < -0.4 is 5.32 Å². The van der Waals surface area contributed by atoms with Gasteiger partial charge < -0.3 is 5.32 Å². The molecular formula is C23H33NO. The SMILES string of the molecule is CC1=CCC=CC(C)=C1C.CCC(=O)CC12C/C=C\C=C/CNC1C2. The number of carbonyl (C=O) groups excluding carboxylic acids is 1. The Hall–Kier alpha value is -1.67. The minimum atomic E-state index is 0.246. The van der Waals surface area contributed by atoms with Crippen LogP contribution in [-0.2, 0) is 4.79 Å². The van der Waals surface area contributed by atoms with Crippen LogP contribution in [0, 0.1) is 5.41 Å². The lowest BCUT2D eigenvalue weighted by atomic mass is 9.93. The van der Waals surface area contributed by atoms with E-state index in [1.165, 1.54) is 16.7 Å². The van der Waals surface area contributed by atoms with Crippen LogP contribution in [0.1, 0.15) is 59.8 Å². The van der Waals surface area contributed by atoms with E-state index in [1.54, 1.807) is 0 Å². The van der Waals surface area contributed by atoms with Gasteiger partial charge in [0.1, 0.15) is 5.78 Å². The zero-order valence-corrected chi connectivity index (χ0v) is 16.3. The van der Waals surface area contributed by atoms with Crippen molar-refractivity contribution in [1.29, 1.82) is 0 Å². The third-order valence-electron chi connectivity index (χ3n) is 5.63. The van der Waals surface area contributed by atoms with Crippen molar-refractivity contribution >= 4 is 5.78 Å². The maximum Gasteiger partial charge on any atom is 0.133 e. The molecule has 0 amide bonds. The van der Waals surface area contributed by atoms with Gasteiger partial charge in [0.15, 0.2) is 0 Å². The van der Waals surface area contributed by atoms with Gasteiger partial charge in [0.25, 0.3) is 0 Å². The first-order valence-electron chi connectivity index (χ1n) is 9.56. The lowest BCUT2D eigenvalue weighted by Gasteiger charge is -2.14. The molecule has 2 heteroatoms. The second-order valence-electron chi connectivity index (χ2n) is 7.49. The Balaban J connectivity index is 0.000000196. The number of carbonyl (C=O) groups is 1. The topological polar surface area (TPSA) is 29.1 Å². The van der Waals surface area contributed by atoms with Gasteiger partial charge in [0, 0.05) is 25.4 Å². The number of hydrogen-bond acceptors (Lipinski definition) is 2. The normalized spacial score (nSPS) is 30.4. The van der Waals surface area contributed by atoms with Crippen LogP contribution in [0.3, 0.4) is 0 Å². The van der Waals surface area contributed by atoms with Crippen molar-refractivity contribution in [2.24, 2.45) is 5.41 Å². The number of Topliss-reactive ketones (excluding diaryl/α,β-unsaturated/α-hetero) is 1. The first-order valence-corrected chi connectivity index (χ1v) is 9.56. The first kappa shape index (κ1) is 19.7. The first-order chi connectivity index (χ1) is 12.0. The van der Waals surface area contributed by atoms with Crippen molar-refractivity contribution in [3.63, 3.8) is 0 Å². The van der Waals surface area contributed by atoms with Crippen molar-refractivity contribution in [1.82, 2.24) is 5.32 Å². The molecule has 2 unspecified atom stereocenters. The third kappa shape index (κ3) is 5.67. The van der Waals surface area contributed by atoms with Gasteiger partial charge in [0.2, 0.25) is 0 Å². The van der Waals surface area contributed by atoms with Crippen LogP contribution in [0.4, 0.5) is 0 Å². The Morgan fingerprint density at radius 3 is 2.72 bits per heavy atom. The molecule has 136 valence electrons. The summed E-state index contributed by atoms with van der Waals surface area (Å²) in [6.07, 6.45) is 19.9. The largest absolute Gasteiger partial charge is 0.310 e. The van der Waals surface area contributed by atoms with Crippen LogP contribution in [0.25, 0.3) is 0 Å². The van der Waals surface area contributed by atoms with E-state index in [-0.39, 0.29) is 5.41 Å². The molecule has 1 aliphatic heterocycles. The van der Waals surface area contributed by atoms with Crippen molar-refractivity contribution in [3.05, 3.63) is 59.3 Å². The summed E-state index contributed by atoms with van der Waals surface area (Å²) in [5, 5.41) is 3.49. The highest BCUT2D eigenvalue weighted by Gasteiger charge is 2.53. The van der Waals surface area contributed by atoms with E-state index in [0.717, 1.165) is 32.2 Å². The van der Waals surface area contributed by atoms with Gasteiger partial charge in [-0.1, -0.05) is 55.0 Å². The minimum Gasteiger partial charge on any atom is -0.310 e. The molecule has 0 saturated heterocycles. The summed E-state index contributed by atoms with van der Waals surface area (Å²) in [5.74, 6) is 0.403. The van der Waals surface area contributed by atoms with Crippen LogP contribution in [0.5, 0.6) is 0 Å². The van der Waals surface area contributed by atoms with Gasteiger partial charge in [-0.3, -0.25) is 4.79 Å². The van der Waals surface area contributed by atoms with E-state index in [0.29, 0.717) is 18.2 Å². The summed E-state index contributed by atoms with van der Waals surface area (Å²) in [4.78, 5) is 11.5.